The second-order valence-electron chi connectivity index (χ2n) is 8.01. The molecule has 1 aliphatic heterocycles. The predicted octanol–water partition coefficient (Wildman–Crippen LogP) is 3.19. The molecule has 1 N–H and O–H groups in total. The average Bonchev–Trinajstić information content (AvgIpc) is 2.85. The van der Waals surface area contributed by atoms with Crippen LogP contribution in [0.15, 0.2) is 18.2 Å². The highest BCUT2D eigenvalue weighted by Gasteiger charge is 2.47. The van der Waals surface area contributed by atoms with Crippen molar-refractivity contribution in [2.75, 3.05) is 13.2 Å². The van der Waals surface area contributed by atoms with Gasteiger partial charge in [-0.1, -0.05) is 6.07 Å². The quantitative estimate of drug-likeness (QED) is 0.617. The monoisotopic (exact) mass is 406 g/mol. The molecule has 0 bridgehead atoms. The number of aryl methyl sites for hydroxylation is 1. The molecular weight excluding hydrogens is 383 g/mol. The van der Waals surface area contributed by atoms with Gasteiger partial charge in [0.15, 0.2) is 0 Å². The number of ether oxygens (including phenoxy) is 2. The molecule has 29 heavy (non-hydrogen) atoms. The van der Waals surface area contributed by atoms with Crippen LogP contribution in [0, 0.1) is 22.9 Å². The Bertz CT molecular complexity index is 976. The zero-order valence-electron chi connectivity index (χ0n) is 16.9. The van der Waals surface area contributed by atoms with Gasteiger partial charge in [-0.25, -0.2) is 9.78 Å². The van der Waals surface area contributed by atoms with E-state index in [1.54, 1.807) is 39.3 Å². The van der Waals surface area contributed by atoms with Crippen molar-refractivity contribution in [3.05, 3.63) is 45.6 Å². The lowest BCUT2D eigenvalue weighted by molar-refractivity contribution is -0.387. The van der Waals surface area contributed by atoms with Crippen molar-refractivity contribution in [2.45, 2.75) is 38.8 Å². The predicted molar refractivity (Wildman–Crippen MR) is 102 cm³/mol. The van der Waals surface area contributed by atoms with Crippen molar-refractivity contribution in [3.8, 4) is 11.3 Å². The van der Waals surface area contributed by atoms with Gasteiger partial charge in [0.2, 0.25) is 5.82 Å². The van der Waals surface area contributed by atoms with E-state index in [-0.39, 0.29) is 24.5 Å². The van der Waals surface area contributed by atoms with Crippen molar-refractivity contribution < 1.29 is 23.6 Å². The first-order valence-electron chi connectivity index (χ1n) is 9.01. The lowest BCUT2D eigenvalue weighted by Crippen LogP contribution is -2.61. The van der Waals surface area contributed by atoms with Gasteiger partial charge < -0.3 is 19.4 Å². The summed E-state index contributed by atoms with van der Waals surface area (Å²) in [7, 11) is 1.73. The van der Waals surface area contributed by atoms with Crippen LogP contribution in [0.25, 0.3) is 11.3 Å². The Morgan fingerprint density at radius 2 is 2.07 bits per heavy atom. The zero-order valence-corrected chi connectivity index (χ0v) is 16.9. The van der Waals surface area contributed by atoms with Crippen molar-refractivity contribution in [1.82, 2.24) is 14.9 Å². The van der Waals surface area contributed by atoms with E-state index in [2.05, 4.69) is 10.3 Å². The molecule has 0 saturated carbocycles. The van der Waals surface area contributed by atoms with E-state index < -0.39 is 33.7 Å². The summed E-state index contributed by atoms with van der Waals surface area (Å²) in [5.41, 5.74) is -1.65. The zero-order chi connectivity index (χ0) is 21.6. The summed E-state index contributed by atoms with van der Waals surface area (Å²) in [5, 5.41) is 14.0. The fraction of sp³-hybridized carbons (Fsp3) is 0.474. The highest BCUT2D eigenvalue weighted by Crippen LogP contribution is 2.39. The topological polar surface area (TPSA) is 109 Å². The van der Waals surface area contributed by atoms with Crippen molar-refractivity contribution in [2.24, 2.45) is 7.05 Å². The summed E-state index contributed by atoms with van der Waals surface area (Å²) in [6, 6.07) is 3.92. The summed E-state index contributed by atoms with van der Waals surface area (Å²) < 4.78 is 27.3. The number of nitro groups is 1. The SMILES string of the molecule is Cc1nc(-c2cccc([N+](=O)[O-])c2F)c(C2(NC(=O)OC(C)(C)C)COC2)n1C. The van der Waals surface area contributed by atoms with E-state index in [0.29, 0.717) is 11.5 Å². The number of hydrogen-bond donors (Lipinski definition) is 1. The number of carbonyl (C=O) groups is 1. The highest BCUT2D eigenvalue weighted by atomic mass is 19.1. The number of hydrogen-bond acceptors (Lipinski definition) is 6. The Hall–Kier alpha value is -3.01. The molecule has 1 amide bonds. The van der Waals surface area contributed by atoms with Gasteiger partial charge >= 0.3 is 11.8 Å². The maximum Gasteiger partial charge on any atom is 0.408 e. The van der Waals surface area contributed by atoms with Crippen LogP contribution >= 0.6 is 0 Å². The number of carbonyl (C=O) groups excluding carboxylic acids is 1. The third kappa shape index (κ3) is 3.80. The largest absolute Gasteiger partial charge is 0.444 e. The number of amides is 1. The Balaban J connectivity index is 2.11. The molecule has 1 aromatic carbocycles. The van der Waals surface area contributed by atoms with Crippen LogP contribution in [-0.2, 0) is 22.1 Å². The summed E-state index contributed by atoms with van der Waals surface area (Å²) in [5.74, 6) is -0.428. The average molecular weight is 406 g/mol. The molecule has 2 heterocycles. The summed E-state index contributed by atoms with van der Waals surface area (Å²) in [4.78, 5) is 27.2. The van der Waals surface area contributed by atoms with E-state index in [1.807, 2.05) is 0 Å². The van der Waals surface area contributed by atoms with Crippen molar-refractivity contribution in [1.29, 1.82) is 0 Å². The summed E-state index contributed by atoms with van der Waals surface area (Å²) in [6.07, 6.45) is -0.648. The van der Waals surface area contributed by atoms with Crippen LogP contribution in [-0.4, -0.2) is 39.4 Å². The number of rotatable bonds is 4. The van der Waals surface area contributed by atoms with E-state index in [4.69, 9.17) is 9.47 Å². The number of nitrogens with zero attached hydrogens (tertiary/aromatic N) is 3. The molecule has 156 valence electrons. The van der Waals surface area contributed by atoms with E-state index in [1.165, 1.54) is 12.1 Å². The molecule has 0 atom stereocenters. The van der Waals surface area contributed by atoms with Crippen LogP contribution in [0.2, 0.25) is 0 Å². The van der Waals surface area contributed by atoms with Gasteiger partial charge in [0.1, 0.15) is 17.0 Å². The van der Waals surface area contributed by atoms with Gasteiger partial charge in [-0.15, -0.1) is 0 Å². The lowest BCUT2D eigenvalue weighted by Gasteiger charge is -2.42. The first-order chi connectivity index (χ1) is 13.4. The Kier molecular flexibility index (Phi) is 5.08. The number of nitro benzene ring substituents is 1. The molecule has 0 unspecified atom stereocenters. The van der Waals surface area contributed by atoms with Crippen LogP contribution in [0.3, 0.4) is 0 Å². The maximum atomic E-state index is 14.9. The second-order valence-corrected chi connectivity index (χ2v) is 8.01. The maximum absolute atomic E-state index is 14.9. The van der Waals surface area contributed by atoms with Gasteiger partial charge in [0.05, 0.1) is 29.5 Å². The van der Waals surface area contributed by atoms with Gasteiger partial charge in [-0.2, -0.15) is 4.39 Å². The van der Waals surface area contributed by atoms with Crippen molar-refractivity contribution in [3.63, 3.8) is 0 Å². The molecule has 9 nitrogen and oxygen atoms in total. The molecule has 0 radical (unpaired) electrons. The van der Waals surface area contributed by atoms with Crippen molar-refractivity contribution >= 4 is 11.8 Å². The van der Waals surface area contributed by atoms with Gasteiger partial charge in [0, 0.05) is 18.7 Å². The molecule has 1 fully saturated rings. The fourth-order valence-electron chi connectivity index (χ4n) is 3.26. The normalized spacial score (nSPS) is 15.5. The van der Waals surface area contributed by atoms with E-state index in [9.17, 15) is 19.3 Å². The third-order valence-corrected chi connectivity index (χ3v) is 4.64. The standard InChI is InChI=1S/C19H23FN4O5/c1-11-21-15(12-7-6-8-13(14(12)20)24(26)27)16(23(11)5)19(9-28-10-19)22-17(25)29-18(2,3)4/h6-8H,9-10H2,1-5H3,(H,22,25). The molecule has 1 saturated heterocycles. The Labute approximate surface area is 167 Å². The molecule has 1 aliphatic rings. The van der Waals surface area contributed by atoms with Crippen LogP contribution < -0.4 is 5.32 Å². The first-order valence-corrected chi connectivity index (χ1v) is 9.01. The molecule has 0 aliphatic carbocycles. The summed E-state index contributed by atoms with van der Waals surface area (Å²) in [6.45, 7) is 7.23. The smallest absolute Gasteiger partial charge is 0.408 e. The number of aromatic nitrogens is 2. The number of alkyl carbamates (subject to hydrolysis) is 1. The molecular formula is C19H23FN4O5. The minimum Gasteiger partial charge on any atom is -0.444 e. The summed E-state index contributed by atoms with van der Waals surface area (Å²) >= 11 is 0. The van der Waals surface area contributed by atoms with E-state index >= 15 is 0 Å². The number of nitrogens with one attached hydrogen (secondary N) is 1. The molecule has 3 rings (SSSR count). The number of benzene rings is 1. The molecule has 2 aromatic rings. The molecule has 1 aromatic heterocycles. The van der Waals surface area contributed by atoms with Gasteiger partial charge in [-0.3, -0.25) is 10.1 Å². The Morgan fingerprint density at radius 1 is 1.41 bits per heavy atom. The fourth-order valence-corrected chi connectivity index (χ4v) is 3.26. The lowest BCUT2D eigenvalue weighted by atomic mass is 9.89. The Morgan fingerprint density at radius 3 is 2.59 bits per heavy atom. The number of imidazole rings is 1. The van der Waals surface area contributed by atoms with Crippen LogP contribution in [0.4, 0.5) is 14.9 Å². The second kappa shape index (κ2) is 7.11. The third-order valence-electron chi connectivity index (χ3n) is 4.64. The molecule has 0 spiro atoms. The molecule has 10 heteroatoms. The van der Waals surface area contributed by atoms with Crippen LogP contribution in [0.1, 0.15) is 32.3 Å². The van der Waals surface area contributed by atoms with Crippen LogP contribution in [0.5, 0.6) is 0 Å². The highest BCUT2D eigenvalue weighted by molar-refractivity contribution is 5.72. The van der Waals surface area contributed by atoms with Gasteiger partial charge in [-0.05, 0) is 33.8 Å². The van der Waals surface area contributed by atoms with E-state index in [0.717, 1.165) is 6.07 Å². The first kappa shape index (κ1) is 20.7. The minimum atomic E-state index is -0.995. The minimum absolute atomic E-state index is 0.0184. The van der Waals surface area contributed by atoms with Gasteiger partial charge in [0.25, 0.3) is 0 Å². The number of halogens is 1.